The highest BCUT2D eigenvalue weighted by molar-refractivity contribution is 5.74. The summed E-state index contributed by atoms with van der Waals surface area (Å²) in [6, 6.07) is 5.46. The lowest BCUT2D eigenvalue weighted by Gasteiger charge is -2.11. The molecule has 0 amide bonds. The number of methoxy groups -OCH3 is 2. The number of hydrogen-bond acceptors (Lipinski definition) is 6. The van der Waals surface area contributed by atoms with Gasteiger partial charge in [-0.25, -0.2) is 4.98 Å². The number of aromatic nitrogens is 3. The van der Waals surface area contributed by atoms with Gasteiger partial charge in [-0.15, -0.1) is 5.10 Å². The summed E-state index contributed by atoms with van der Waals surface area (Å²) in [6.45, 7) is 0. The number of anilines is 1. The molecule has 17 heavy (non-hydrogen) atoms. The fourth-order valence-corrected chi connectivity index (χ4v) is 1.54. The van der Waals surface area contributed by atoms with Gasteiger partial charge in [0.15, 0.2) is 0 Å². The Bertz CT molecular complexity index is 508. The predicted molar refractivity (Wildman–Crippen MR) is 62.8 cm³/mol. The highest BCUT2D eigenvalue weighted by atomic mass is 16.5. The minimum atomic E-state index is 0.107. The quantitative estimate of drug-likeness (QED) is 0.854. The van der Waals surface area contributed by atoms with Crippen LogP contribution in [-0.2, 0) is 0 Å². The van der Waals surface area contributed by atoms with Crippen LogP contribution in [0, 0.1) is 0 Å². The first-order valence-corrected chi connectivity index (χ1v) is 4.93. The highest BCUT2D eigenvalue weighted by Gasteiger charge is 2.14. The van der Waals surface area contributed by atoms with E-state index < -0.39 is 0 Å². The molecule has 0 atom stereocenters. The molecule has 0 spiro atoms. The minimum Gasteiger partial charge on any atom is -0.496 e. The Balaban J connectivity index is 2.64. The van der Waals surface area contributed by atoms with Crippen LogP contribution in [0.2, 0.25) is 0 Å². The van der Waals surface area contributed by atoms with Gasteiger partial charge in [-0.05, 0) is 12.1 Å². The van der Waals surface area contributed by atoms with Crippen LogP contribution in [0.5, 0.6) is 11.5 Å². The van der Waals surface area contributed by atoms with E-state index in [9.17, 15) is 0 Å². The molecule has 2 rings (SSSR count). The molecule has 0 aliphatic heterocycles. The molecule has 2 aromatic rings. The van der Waals surface area contributed by atoms with Gasteiger partial charge in [0, 0.05) is 0 Å². The van der Waals surface area contributed by atoms with Crippen LogP contribution >= 0.6 is 0 Å². The first kappa shape index (κ1) is 11.1. The Kier molecular flexibility index (Phi) is 3.04. The van der Waals surface area contributed by atoms with Gasteiger partial charge >= 0.3 is 0 Å². The van der Waals surface area contributed by atoms with Gasteiger partial charge in [0.25, 0.3) is 0 Å². The van der Waals surface area contributed by atoms with Gasteiger partial charge in [0.05, 0.1) is 26.0 Å². The van der Waals surface area contributed by atoms with Crippen molar-refractivity contribution in [1.82, 2.24) is 15.2 Å². The molecule has 0 aliphatic rings. The lowest BCUT2D eigenvalue weighted by Crippen LogP contribution is -2.00. The predicted octanol–water partition coefficient (Wildman–Crippen LogP) is 1.14. The maximum absolute atomic E-state index is 5.51. The average Bonchev–Trinajstić information content (AvgIpc) is 2.37. The molecule has 0 unspecified atom stereocenters. The number of nitrogens with two attached hydrogens (primary N) is 1. The summed E-state index contributed by atoms with van der Waals surface area (Å²) in [6.07, 6.45) is 1.51. The molecule has 0 bridgehead atoms. The van der Waals surface area contributed by atoms with Crippen molar-refractivity contribution in [2.75, 3.05) is 20.0 Å². The Morgan fingerprint density at radius 2 is 1.76 bits per heavy atom. The van der Waals surface area contributed by atoms with E-state index in [-0.39, 0.29) is 5.95 Å². The number of rotatable bonds is 3. The second-order valence-electron chi connectivity index (χ2n) is 3.24. The Morgan fingerprint density at radius 1 is 1.12 bits per heavy atom. The summed E-state index contributed by atoms with van der Waals surface area (Å²) in [5, 5.41) is 7.37. The fraction of sp³-hybridized carbons (Fsp3) is 0.182. The molecule has 88 valence electrons. The lowest BCUT2D eigenvalue weighted by atomic mass is 10.1. The molecule has 2 N–H and O–H groups in total. The summed E-state index contributed by atoms with van der Waals surface area (Å²) in [4.78, 5) is 4.10. The molecule has 0 saturated heterocycles. The third kappa shape index (κ3) is 2.10. The average molecular weight is 232 g/mol. The van der Waals surface area contributed by atoms with E-state index in [1.54, 1.807) is 14.2 Å². The molecule has 0 fully saturated rings. The largest absolute Gasteiger partial charge is 0.496 e. The van der Waals surface area contributed by atoms with Crippen LogP contribution in [0.15, 0.2) is 24.4 Å². The smallest absolute Gasteiger partial charge is 0.240 e. The maximum Gasteiger partial charge on any atom is 0.240 e. The van der Waals surface area contributed by atoms with Crippen molar-refractivity contribution in [3.8, 4) is 22.8 Å². The molecule has 1 aromatic heterocycles. The van der Waals surface area contributed by atoms with Crippen molar-refractivity contribution in [3.63, 3.8) is 0 Å². The number of nitrogens with zero attached hydrogens (tertiary/aromatic N) is 3. The van der Waals surface area contributed by atoms with Gasteiger partial charge in [-0.1, -0.05) is 6.07 Å². The summed E-state index contributed by atoms with van der Waals surface area (Å²) < 4.78 is 10.5. The summed E-state index contributed by atoms with van der Waals surface area (Å²) in [5.41, 5.74) is 6.78. The van der Waals surface area contributed by atoms with E-state index in [4.69, 9.17) is 15.2 Å². The zero-order valence-corrected chi connectivity index (χ0v) is 9.54. The van der Waals surface area contributed by atoms with Crippen LogP contribution in [0.25, 0.3) is 11.3 Å². The topological polar surface area (TPSA) is 83.2 Å². The van der Waals surface area contributed by atoms with E-state index in [0.717, 1.165) is 0 Å². The van der Waals surface area contributed by atoms with Crippen molar-refractivity contribution < 1.29 is 9.47 Å². The molecule has 1 aromatic carbocycles. The molecule has 6 nitrogen and oxygen atoms in total. The Morgan fingerprint density at radius 3 is 2.29 bits per heavy atom. The summed E-state index contributed by atoms with van der Waals surface area (Å²) in [7, 11) is 3.16. The van der Waals surface area contributed by atoms with Crippen molar-refractivity contribution in [2.24, 2.45) is 0 Å². The van der Waals surface area contributed by atoms with Gasteiger partial charge in [-0.2, -0.15) is 5.10 Å². The number of nitrogen functional groups attached to an aromatic ring is 1. The molecule has 6 heteroatoms. The molecule has 0 aliphatic carbocycles. The zero-order chi connectivity index (χ0) is 12.3. The Hall–Kier alpha value is -2.37. The highest BCUT2D eigenvalue weighted by Crippen LogP contribution is 2.36. The van der Waals surface area contributed by atoms with Gasteiger partial charge in [0.2, 0.25) is 5.95 Å². The number of ether oxygens (including phenoxy) is 2. The third-order valence-corrected chi connectivity index (χ3v) is 2.26. The van der Waals surface area contributed by atoms with Crippen molar-refractivity contribution in [1.29, 1.82) is 0 Å². The molecule has 0 radical (unpaired) electrons. The van der Waals surface area contributed by atoms with E-state index in [1.807, 2.05) is 18.2 Å². The van der Waals surface area contributed by atoms with Crippen LogP contribution in [-0.4, -0.2) is 29.4 Å². The molecular weight excluding hydrogens is 220 g/mol. The molecular formula is C11H12N4O2. The first-order valence-electron chi connectivity index (χ1n) is 4.93. The molecule has 1 heterocycles. The van der Waals surface area contributed by atoms with E-state index in [2.05, 4.69) is 15.2 Å². The van der Waals surface area contributed by atoms with Crippen LogP contribution in [0.3, 0.4) is 0 Å². The third-order valence-electron chi connectivity index (χ3n) is 2.26. The van der Waals surface area contributed by atoms with Gasteiger partial charge < -0.3 is 15.2 Å². The van der Waals surface area contributed by atoms with Crippen LogP contribution < -0.4 is 15.2 Å². The van der Waals surface area contributed by atoms with E-state index >= 15 is 0 Å². The second kappa shape index (κ2) is 4.65. The van der Waals surface area contributed by atoms with Crippen molar-refractivity contribution in [2.45, 2.75) is 0 Å². The van der Waals surface area contributed by atoms with E-state index in [1.165, 1.54) is 6.20 Å². The van der Waals surface area contributed by atoms with E-state index in [0.29, 0.717) is 22.8 Å². The van der Waals surface area contributed by atoms with Crippen molar-refractivity contribution in [3.05, 3.63) is 24.4 Å². The Labute approximate surface area is 98.4 Å². The number of hydrogen-bond donors (Lipinski definition) is 1. The van der Waals surface area contributed by atoms with Crippen LogP contribution in [0.1, 0.15) is 0 Å². The number of benzene rings is 1. The standard InChI is InChI=1S/C11H12N4O2/c1-16-8-4-3-5-9(17-2)10(8)7-6-13-15-11(12)14-7/h3-6H,1-2H3,(H2,12,14,15). The molecule has 0 saturated carbocycles. The normalized spacial score (nSPS) is 10.0. The second-order valence-corrected chi connectivity index (χ2v) is 3.24. The first-order chi connectivity index (χ1) is 8.26. The monoisotopic (exact) mass is 232 g/mol. The zero-order valence-electron chi connectivity index (χ0n) is 9.54. The minimum absolute atomic E-state index is 0.107. The van der Waals surface area contributed by atoms with Gasteiger partial charge in [0.1, 0.15) is 17.2 Å². The van der Waals surface area contributed by atoms with Gasteiger partial charge in [-0.3, -0.25) is 0 Å². The summed E-state index contributed by atoms with van der Waals surface area (Å²) >= 11 is 0. The maximum atomic E-state index is 5.51. The van der Waals surface area contributed by atoms with Crippen LogP contribution in [0.4, 0.5) is 5.95 Å². The SMILES string of the molecule is COc1cccc(OC)c1-c1cnnc(N)n1. The lowest BCUT2D eigenvalue weighted by molar-refractivity contribution is 0.397. The summed E-state index contributed by atoms with van der Waals surface area (Å²) in [5.74, 6) is 1.39. The fourth-order valence-electron chi connectivity index (χ4n) is 1.54. The van der Waals surface area contributed by atoms with Crippen molar-refractivity contribution >= 4 is 5.95 Å².